The van der Waals surface area contributed by atoms with Crippen LogP contribution in [0, 0.1) is 5.41 Å². The second-order valence-electron chi connectivity index (χ2n) is 7.83. The molecule has 1 amide bonds. The molecule has 1 aromatic heterocycles. The number of ether oxygens (including phenoxy) is 1. The molecule has 1 aliphatic rings. The van der Waals surface area contributed by atoms with Gasteiger partial charge in [0.1, 0.15) is 17.1 Å². The molecule has 8 heteroatoms. The molecule has 0 bridgehead atoms. The molecule has 1 aliphatic carbocycles. The van der Waals surface area contributed by atoms with E-state index in [1.165, 1.54) is 12.3 Å². The van der Waals surface area contributed by atoms with E-state index in [0.29, 0.717) is 11.6 Å². The Morgan fingerprint density at radius 3 is 2.62 bits per heavy atom. The van der Waals surface area contributed by atoms with Gasteiger partial charge >= 0.3 is 0 Å². The summed E-state index contributed by atoms with van der Waals surface area (Å²) in [6.07, 6.45) is 6.97. The zero-order valence-corrected chi connectivity index (χ0v) is 17.6. The van der Waals surface area contributed by atoms with Crippen LogP contribution in [0.15, 0.2) is 48.0 Å². The van der Waals surface area contributed by atoms with Gasteiger partial charge in [0.2, 0.25) is 5.88 Å². The number of amides is 1. The second-order valence-corrected chi connectivity index (χ2v) is 9.76. The molecule has 3 rings (SSSR count). The Morgan fingerprint density at radius 1 is 1.31 bits per heavy atom. The third kappa shape index (κ3) is 6.39. The third-order valence-electron chi connectivity index (χ3n) is 4.67. The number of carbonyl (C=O) groups is 1. The van der Waals surface area contributed by atoms with E-state index >= 15 is 0 Å². The fraction of sp³-hybridized carbons (Fsp3) is 0.381. The summed E-state index contributed by atoms with van der Waals surface area (Å²) in [7, 11) is -3.27. The van der Waals surface area contributed by atoms with Gasteiger partial charge in [0, 0.05) is 30.3 Å². The van der Waals surface area contributed by atoms with E-state index in [-0.39, 0.29) is 16.9 Å². The third-order valence-corrected chi connectivity index (χ3v) is 5.32. The van der Waals surface area contributed by atoms with E-state index in [9.17, 15) is 13.2 Å². The molecule has 154 valence electrons. The number of hydrogen-bond acceptors (Lipinski definition) is 6. The average molecular weight is 416 g/mol. The maximum Gasteiger partial charge on any atom is 0.258 e. The molecule has 1 heterocycles. The Labute approximate surface area is 171 Å². The van der Waals surface area contributed by atoms with Crippen LogP contribution in [0.5, 0.6) is 11.6 Å². The summed E-state index contributed by atoms with van der Waals surface area (Å²) >= 11 is 0. The molecular weight excluding hydrogens is 390 g/mol. The molecule has 1 fully saturated rings. The molecular formula is C21H25N3O4S. The predicted molar refractivity (Wildman–Crippen MR) is 111 cm³/mol. The van der Waals surface area contributed by atoms with Gasteiger partial charge < -0.3 is 10.1 Å². The van der Waals surface area contributed by atoms with Gasteiger partial charge in [-0.25, -0.2) is 13.4 Å². The lowest BCUT2D eigenvalue weighted by atomic mass is 10.1. The maximum atomic E-state index is 12.7. The summed E-state index contributed by atoms with van der Waals surface area (Å²) in [5.74, 6) is 0.944. The van der Waals surface area contributed by atoms with Crippen molar-refractivity contribution in [2.45, 2.75) is 39.2 Å². The molecule has 29 heavy (non-hydrogen) atoms. The highest BCUT2D eigenvalue weighted by atomic mass is 32.2. The highest BCUT2D eigenvalue weighted by Crippen LogP contribution is 2.47. The van der Waals surface area contributed by atoms with Gasteiger partial charge in [-0.15, -0.1) is 0 Å². The van der Waals surface area contributed by atoms with Crippen molar-refractivity contribution in [2.75, 3.05) is 6.26 Å². The van der Waals surface area contributed by atoms with E-state index in [0.717, 1.165) is 30.9 Å². The standard InChI is InChI=1S/C21H25N3O4S/c1-15(9-12-29(3,26)27)23-19(25)17-14-22-18(13-21(2)10-11-21)24-20(17)28-16-7-5-4-6-8-16/h4-9,12,14-15H,10-11,13H2,1-3H3,(H,23,25)/b12-9+. The van der Waals surface area contributed by atoms with Crippen molar-refractivity contribution < 1.29 is 17.9 Å². The largest absolute Gasteiger partial charge is 0.438 e. The number of para-hydroxylation sites is 1. The van der Waals surface area contributed by atoms with Crippen LogP contribution >= 0.6 is 0 Å². The van der Waals surface area contributed by atoms with Crippen LogP contribution in [0.4, 0.5) is 0 Å². The molecule has 1 atom stereocenters. The lowest BCUT2D eigenvalue weighted by molar-refractivity contribution is 0.0943. The van der Waals surface area contributed by atoms with Crippen LogP contribution in [-0.4, -0.2) is 36.6 Å². The van der Waals surface area contributed by atoms with E-state index in [2.05, 4.69) is 22.2 Å². The highest BCUT2D eigenvalue weighted by Gasteiger charge is 2.38. The minimum atomic E-state index is -3.27. The Hall–Kier alpha value is -2.74. The smallest absolute Gasteiger partial charge is 0.258 e. The van der Waals surface area contributed by atoms with Crippen molar-refractivity contribution in [2.24, 2.45) is 5.41 Å². The molecule has 2 aromatic rings. The van der Waals surface area contributed by atoms with E-state index < -0.39 is 21.8 Å². The normalized spacial score (nSPS) is 16.4. The molecule has 1 saturated carbocycles. The van der Waals surface area contributed by atoms with Crippen molar-refractivity contribution in [3.05, 3.63) is 59.4 Å². The second kappa shape index (κ2) is 8.32. The van der Waals surface area contributed by atoms with Crippen LogP contribution in [0.2, 0.25) is 0 Å². The fourth-order valence-electron chi connectivity index (χ4n) is 2.68. The topological polar surface area (TPSA) is 98.2 Å². The quantitative estimate of drug-likeness (QED) is 0.710. The molecule has 0 radical (unpaired) electrons. The van der Waals surface area contributed by atoms with E-state index in [1.807, 2.05) is 18.2 Å². The number of rotatable bonds is 8. The number of nitrogens with one attached hydrogen (secondary N) is 1. The average Bonchev–Trinajstić information content (AvgIpc) is 3.37. The summed E-state index contributed by atoms with van der Waals surface area (Å²) in [5, 5.41) is 3.79. The molecule has 7 nitrogen and oxygen atoms in total. The fourth-order valence-corrected chi connectivity index (χ4v) is 3.21. The Morgan fingerprint density at radius 2 is 2.00 bits per heavy atom. The van der Waals surface area contributed by atoms with Crippen LogP contribution < -0.4 is 10.1 Å². The van der Waals surface area contributed by atoms with Gasteiger partial charge in [0.25, 0.3) is 5.91 Å². The first-order valence-corrected chi connectivity index (χ1v) is 11.4. The predicted octanol–water partition coefficient (Wildman–Crippen LogP) is 3.29. The van der Waals surface area contributed by atoms with Gasteiger partial charge in [-0.05, 0) is 37.3 Å². The van der Waals surface area contributed by atoms with Gasteiger partial charge in [0.05, 0.1) is 0 Å². The molecule has 0 aliphatic heterocycles. The number of hydrogen-bond donors (Lipinski definition) is 1. The van der Waals surface area contributed by atoms with Crippen molar-refractivity contribution >= 4 is 15.7 Å². The Balaban J connectivity index is 1.83. The van der Waals surface area contributed by atoms with Gasteiger partial charge in [-0.1, -0.05) is 31.2 Å². The lowest BCUT2D eigenvalue weighted by Gasteiger charge is -2.14. The monoisotopic (exact) mass is 415 g/mol. The van der Waals surface area contributed by atoms with Crippen molar-refractivity contribution in [3.63, 3.8) is 0 Å². The summed E-state index contributed by atoms with van der Waals surface area (Å²) in [4.78, 5) is 21.6. The first-order valence-electron chi connectivity index (χ1n) is 9.41. The molecule has 0 saturated heterocycles. The van der Waals surface area contributed by atoms with E-state index in [4.69, 9.17) is 4.74 Å². The van der Waals surface area contributed by atoms with E-state index in [1.54, 1.807) is 19.1 Å². The van der Waals surface area contributed by atoms with Crippen molar-refractivity contribution in [1.82, 2.24) is 15.3 Å². The zero-order chi connectivity index (χ0) is 21.1. The highest BCUT2D eigenvalue weighted by molar-refractivity contribution is 7.93. The Bertz CT molecular complexity index is 1020. The Kier molecular flexibility index (Phi) is 6.02. The maximum absolute atomic E-state index is 12.7. The first kappa shape index (κ1) is 21.0. The van der Waals surface area contributed by atoms with Gasteiger partial charge in [-0.3, -0.25) is 4.79 Å². The van der Waals surface area contributed by atoms with Crippen LogP contribution in [0.3, 0.4) is 0 Å². The van der Waals surface area contributed by atoms with Gasteiger partial charge in [0.15, 0.2) is 9.84 Å². The first-order chi connectivity index (χ1) is 13.6. The SMILES string of the molecule is CC(/C=C/S(C)(=O)=O)NC(=O)c1cnc(CC2(C)CC2)nc1Oc1ccccc1. The summed E-state index contributed by atoms with van der Waals surface area (Å²) in [6.45, 7) is 3.87. The summed E-state index contributed by atoms with van der Waals surface area (Å²) < 4.78 is 28.4. The zero-order valence-electron chi connectivity index (χ0n) is 16.8. The minimum Gasteiger partial charge on any atom is -0.438 e. The number of aromatic nitrogens is 2. The number of benzene rings is 1. The molecule has 1 N–H and O–H groups in total. The molecule has 1 unspecified atom stereocenters. The minimum absolute atomic E-state index is 0.183. The number of carbonyl (C=O) groups excluding carboxylic acids is 1. The van der Waals surface area contributed by atoms with Crippen molar-refractivity contribution in [1.29, 1.82) is 0 Å². The number of nitrogens with zero attached hydrogens (tertiary/aromatic N) is 2. The number of sulfone groups is 1. The van der Waals surface area contributed by atoms with Crippen molar-refractivity contribution in [3.8, 4) is 11.6 Å². The lowest BCUT2D eigenvalue weighted by Crippen LogP contribution is -2.31. The van der Waals surface area contributed by atoms with Gasteiger partial charge in [-0.2, -0.15) is 4.98 Å². The molecule has 1 aromatic carbocycles. The van der Waals surface area contributed by atoms with Crippen LogP contribution in [-0.2, 0) is 16.3 Å². The van der Waals surface area contributed by atoms with Crippen LogP contribution in [0.1, 0.15) is 42.9 Å². The summed E-state index contributed by atoms with van der Waals surface area (Å²) in [5.41, 5.74) is 0.414. The molecule has 0 spiro atoms. The summed E-state index contributed by atoms with van der Waals surface area (Å²) in [6, 6.07) is 8.61. The van der Waals surface area contributed by atoms with Crippen LogP contribution in [0.25, 0.3) is 0 Å².